The van der Waals surface area contributed by atoms with E-state index in [0.717, 1.165) is 36.2 Å². The number of hydrogen-bond donors (Lipinski definition) is 2. The van der Waals surface area contributed by atoms with Crippen molar-refractivity contribution in [2.24, 2.45) is 5.73 Å². The Bertz CT molecular complexity index is 1480. The first kappa shape index (κ1) is 25.3. The maximum absolute atomic E-state index is 14.6. The molecule has 0 saturated carbocycles. The van der Waals surface area contributed by atoms with Crippen LogP contribution in [0.2, 0.25) is 0 Å². The molecule has 38 heavy (non-hydrogen) atoms. The number of anilines is 3. The predicted octanol–water partition coefficient (Wildman–Crippen LogP) is 5.23. The highest BCUT2D eigenvalue weighted by atomic mass is 19.1. The number of benzene rings is 2. The van der Waals surface area contributed by atoms with Crippen LogP contribution >= 0.6 is 0 Å². The van der Waals surface area contributed by atoms with Crippen molar-refractivity contribution in [3.63, 3.8) is 0 Å². The zero-order chi connectivity index (χ0) is 26.6. The second-order valence-corrected chi connectivity index (χ2v) is 9.28. The van der Waals surface area contributed by atoms with Crippen LogP contribution in [0.3, 0.4) is 0 Å². The fourth-order valence-electron chi connectivity index (χ4n) is 4.70. The lowest BCUT2D eigenvalue weighted by atomic mass is 9.99. The molecule has 0 radical (unpaired) electrons. The van der Waals surface area contributed by atoms with E-state index in [1.165, 1.54) is 13.2 Å². The van der Waals surface area contributed by atoms with Gasteiger partial charge in [-0.2, -0.15) is 0 Å². The van der Waals surface area contributed by atoms with Gasteiger partial charge in [0.2, 0.25) is 0 Å². The second-order valence-electron chi connectivity index (χ2n) is 9.28. The highest BCUT2D eigenvalue weighted by Gasteiger charge is 2.22. The molecular formula is C29H29FN6O2. The van der Waals surface area contributed by atoms with Gasteiger partial charge in [0.25, 0.3) is 0 Å². The summed E-state index contributed by atoms with van der Waals surface area (Å²) in [5.74, 6) is 1.10. The Morgan fingerprint density at radius 1 is 1.13 bits per heavy atom. The summed E-state index contributed by atoms with van der Waals surface area (Å²) < 4.78 is 19.9. The van der Waals surface area contributed by atoms with Crippen molar-refractivity contribution >= 4 is 23.1 Å². The number of carbonyl (C=O) groups is 1. The molecule has 2 aromatic carbocycles. The quantitative estimate of drug-likeness (QED) is 0.325. The van der Waals surface area contributed by atoms with Crippen molar-refractivity contribution in [3.8, 4) is 28.3 Å². The molecule has 1 saturated heterocycles. The highest BCUT2D eigenvalue weighted by molar-refractivity contribution is 5.96. The van der Waals surface area contributed by atoms with E-state index in [4.69, 9.17) is 10.5 Å². The number of methoxy groups -OCH3 is 1. The van der Waals surface area contributed by atoms with Crippen LogP contribution in [-0.4, -0.2) is 47.0 Å². The molecule has 4 aromatic rings. The molecule has 1 fully saturated rings. The second kappa shape index (κ2) is 10.9. The molecule has 3 heterocycles. The normalized spacial score (nSPS) is 15.3. The van der Waals surface area contributed by atoms with Crippen LogP contribution in [0.4, 0.5) is 21.7 Å². The van der Waals surface area contributed by atoms with Crippen LogP contribution in [-0.2, 0) is 0 Å². The molecule has 8 nitrogen and oxygen atoms in total. The van der Waals surface area contributed by atoms with Gasteiger partial charge in [-0.05, 0) is 49.6 Å². The van der Waals surface area contributed by atoms with Crippen LogP contribution in [0.15, 0.2) is 67.0 Å². The minimum Gasteiger partial charge on any atom is -0.496 e. The molecule has 1 aliphatic heterocycles. The van der Waals surface area contributed by atoms with Gasteiger partial charge in [0, 0.05) is 54.4 Å². The average Bonchev–Trinajstić information content (AvgIpc) is 2.93. The molecule has 1 atom stereocenters. The number of carbonyl (C=O) groups excluding carboxylic acids is 1. The molecular weight excluding hydrogens is 483 g/mol. The third-order valence-corrected chi connectivity index (χ3v) is 6.59. The Morgan fingerprint density at radius 3 is 2.76 bits per heavy atom. The van der Waals surface area contributed by atoms with Gasteiger partial charge in [-0.3, -0.25) is 4.79 Å². The Hall–Kier alpha value is -4.37. The molecule has 0 unspecified atom stereocenters. The molecule has 0 spiro atoms. The van der Waals surface area contributed by atoms with E-state index in [9.17, 15) is 9.18 Å². The predicted molar refractivity (Wildman–Crippen MR) is 146 cm³/mol. The van der Waals surface area contributed by atoms with Gasteiger partial charge < -0.3 is 20.7 Å². The van der Waals surface area contributed by atoms with Crippen molar-refractivity contribution in [1.29, 1.82) is 0 Å². The first-order valence-electron chi connectivity index (χ1n) is 12.5. The number of rotatable bonds is 7. The van der Waals surface area contributed by atoms with Crippen LogP contribution in [0, 0.1) is 5.82 Å². The molecule has 3 N–H and O–H groups in total. The summed E-state index contributed by atoms with van der Waals surface area (Å²) in [6.45, 7) is 3.14. The lowest BCUT2D eigenvalue weighted by molar-refractivity contribution is 0.101. The van der Waals surface area contributed by atoms with Crippen LogP contribution in [0.5, 0.6) is 5.75 Å². The Morgan fingerprint density at radius 2 is 1.97 bits per heavy atom. The van der Waals surface area contributed by atoms with Crippen molar-refractivity contribution in [2.75, 3.05) is 30.4 Å². The molecule has 2 aromatic heterocycles. The standard InChI is InChI=1S/C29H29FN6O2/c1-18(37)19-6-3-7-20(14-19)22-16-33-27(15-24(22)36-13-5-8-21(31)17-36)34-26-11-12-32-29(35-26)28-23(30)9-4-10-25(28)38-2/h3-4,6-7,9-12,14-16,21H,5,8,13,17,31H2,1-2H3,(H,32,33,34,35)/t21-/m0/s1. The number of ketones is 1. The summed E-state index contributed by atoms with van der Waals surface area (Å²) in [5, 5.41) is 3.23. The van der Waals surface area contributed by atoms with Crippen molar-refractivity contribution in [1.82, 2.24) is 15.0 Å². The number of hydrogen-bond acceptors (Lipinski definition) is 8. The van der Waals surface area contributed by atoms with Crippen molar-refractivity contribution < 1.29 is 13.9 Å². The molecule has 0 bridgehead atoms. The number of nitrogens with zero attached hydrogens (tertiary/aromatic N) is 4. The van der Waals surface area contributed by atoms with Gasteiger partial charge >= 0.3 is 0 Å². The fourth-order valence-corrected chi connectivity index (χ4v) is 4.70. The van der Waals surface area contributed by atoms with E-state index in [-0.39, 0.29) is 23.2 Å². The molecule has 9 heteroatoms. The number of halogens is 1. The van der Waals surface area contributed by atoms with Gasteiger partial charge in [0.15, 0.2) is 11.6 Å². The SMILES string of the molecule is COc1cccc(F)c1-c1nccc(Nc2cc(N3CCC[C@H](N)C3)c(-c3cccc(C(C)=O)c3)cn2)n1. The fraction of sp³-hybridized carbons (Fsp3) is 0.241. The van der Waals surface area contributed by atoms with Crippen LogP contribution in [0.1, 0.15) is 30.1 Å². The number of aromatic nitrogens is 3. The van der Waals surface area contributed by atoms with E-state index < -0.39 is 5.82 Å². The topological polar surface area (TPSA) is 106 Å². The van der Waals surface area contributed by atoms with Gasteiger partial charge in [0.1, 0.15) is 23.2 Å². The van der Waals surface area contributed by atoms with Crippen LogP contribution < -0.4 is 20.7 Å². The molecule has 0 aliphatic carbocycles. The maximum Gasteiger partial charge on any atom is 0.168 e. The number of Topliss-reactive ketones (excluding diaryl/α,β-unsaturated/α-hetero) is 1. The van der Waals surface area contributed by atoms with Crippen molar-refractivity contribution in [3.05, 3.63) is 78.4 Å². The zero-order valence-electron chi connectivity index (χ0n) is 21.3. The van der Waals surface area contributed by atoms with Gasteiger partial charge in [0.05, 0.1) is 12.7 Å². The average molecular weight is 513 g/mol. The lowest BCUT2D eigenvalue weighted by Crippen LogP contribution is -2.43. The molecule has 5 rings (SSSR count). The number of pyridine rings is 1. The lowest BCUT2D eigenvalue weighted by Gasteiger charge is -2.34. The van der Waals surface area contributed by atoms with Crippen molar-refractivity contribution in [2.45, 2.75) is 25.8 Å². The summed E-state index contributed by atoms with van der Waals surface area (Å²) in [6, 6.07) is 15.9. The monoisotopic (exact) mass is 512 g/mol. The molecule has 0 amide bonds. The highest BCUT2D eigenvalue weighted by Crippen LogP contribution is 2.35. The zero-order valence-corrected chi connectivity index (χ0v) is 21.3. The third kappa shape index (κ3) is 5.33. The minimum atomic E-state index is -0.472. The molecule has 194 valence electrons. The van der Waals surface area contributed by atoms with E-state index in [1.807, 2.05) is 30.3 Å². The van der Waals surface area contributed by atoms with E-state index in [2.05, 4.69) is 25.2 Å². The molecule has 1 aliphatic rings. The number of ether oxygens (including phenoxy) is 1. The first-order valence-corrected chi connectivity index (χ1v) is 12.5. The van der Waals surface area contributed by atoms with Gasteiger partial charge in [-0.15, -0.1) is 0 Å². The largest absolute Gasteiger partial charge is 0.496 e. The summed E-state index contributed by atoms with van der Waals surface area (Å²) in [5.41, 5.74) is 9.92. The van der Waals surface area contributed by atoms with E-state index in [1.54, 1.807) is 37.5 Å². The smallest absolute Gasteiger partial charge is 0.168 e. The first-order chi connectivity index (χ1) is 18.4. The van der Waals surface area contributed by atoms with E-state index in [0.29, 0.717) is 29.5 Å². The van der Waals surface area contributed by atoms with Gasteiger partial charge in [-0.25, -0.2) is 19.3 Å². The third-order valence-electron chi connectivity index (χ3n) is 6.59. The van der Waals surface area contributed by atoms with Crippen LogP contribution in [0.25, 0.3) is 22.5 Å². The maximum atomic E-state index is 14.6. The number of nitrogens with one attached hydrogen (secondary N) is 1. The number of nitrogens with two attached hydrogens (primary N) is 1. The Kier molecular flexibility index (Phi) is 7.28. The summed E-state index contributed by atoms with van der Waals surface area (Å²) in [4.78, 5) is 27.7. The Balaban J connectivity index is 1.52. The Labute approximate surface area is 220 Å². The number of piperidine rings is 1. The van der Waals surface area contributed by atoms with E-state index >= 15 is 0 Å². The van der Waals surface area contributed by atoms with Gasteiger partial charge in [-0.1, -0.05) is 24.3 Å². The summed E-state index contributed by atoms with van der Waals surface area (Å²) in [7, 11) is 1.48. The minimum absolute atomic E-state index is 0.00527. The summed E-state index contributed by atoms with van der Waals surface area (Å²) in [6.07, 6.45) is 5.31. The summed E-state index contributed by atoms with van der Waals surface area (Å²) >= 11 is 0.